The van der Waals surface area contributed by atoms with Crippen LogP contribution in [-0.2, 0) is 14.3 Å². The number of hydrogen-bond acceptors (Lipinski definition) is 10. The normalized spacial score (nSPS) is 11.4. The number of carbonyl (C=O) groups excluding carboxylic acids is 3. The summed E-state index contributed by atoms with van der Waals surface area (Å²) in [5, 5.41) is 13.3. The fourth-order valence-electron chi connectivity index (χ4n) is 2.90. The average Bonchev–Trinajstić information content (AvgIpc) is 2.88. The van der Waals surface area contributed by atoms with Crippen LogP contribution in [-0.4, -0.2) is 42.4 Å². The molecule has 0 fully saturated rings. The van der Waals surface area contributed by atoms with E-state index in [4.69, 9.17) is 19.9 Å². The number of anilines is 2. The van der Waals surface area contributed by atoms with Crippen molar-refractivity contribution in [2.45, 2.75) is 20.1 Å². The number of nitrogen functional groups attached to an aromatic ring is 1. The summed E-state index contributed by atoms with van der Waals surface area (Å²) in [6.45, 7) is 3.13. The van der Waals surface area contributed by atoms with Crippen LogP contribution in [0, 0.1) is 0 Å². The van der Waals surface area contributed by atoms with E-state index in [1.54, 1.807) is 61.5 Å². The van der Waals surface area contributed by atoms with Gasteiger partial charge in [0.2, 0.25) is 12.2 Å². The number of aromatic nitrogens is 1. The highest BCUT2D eigenvalue weighted by Crippen LogP contribution is 2.31. The standard InChI is InChI=1S/C25H26N6O6/c1-3-35-25(34)37-16(2)36-20-12-8-7-11-18(20)30-31-19-13-14-21(29-23(19)26)28-22(32)15-27-24(33)17-9-5-4-6-10-17/h4-14,16H,3,15H2,1-2H3,(H,27,33)(H3,26,28,29,32)/b31-30+. The quantitative estimate of drug-likeness (QED) is 0.207. The molecule has 0 saturated carbocycles. The lowest BCUT2D eigenvalue weighted by Gasteiger charge is -2.15. The molecule has 0 aliphatic carbocycles. The maximum absolute atomic E-state index is 12.2. The summed E-state index contributed by atoms with van der Waals surface area (Å²) in [6, 6.07) is 18.3. The summed E-state index contributed by atoms with van der Waals surface area (Å²) in [7, 11) is 0. The molecule has 3 rings (SSSR count). The summed E-state index contributed by atoms with van der Waals surface area (Å²) < 4.78 is 15.3. The molecule has 12 nitrogen and oxygen atoms in total. The summed E-state index contributed by atoms with van der Waals surface area (Å²) in [5.41, 5.74) is 7.02. The molecule has 37 heavy (non-hydrogen) atoms. The Morgan fingerprint density at radius 1 is 0.973 bits per heavy atom. The van der Waals surface area contributed by atoms with Crippen LogP contribution in [0.3, 0.4) is 0 Å². The molecular formula is C25H26N6O6. The molecule has 1 unspecified atom stereocenters. The molecule has 2 aromatic carbocycles. The van der Waals surface area contributed by atoms with Crippen LogP contribution in [0.2, 0.25) is 0 Å². The van der Waals surface area contributed by atoms with Crippen molar-refractivity contribution in [2.24, 2.45) is 10.2 Å². The topological polar surface area (TPSA) is 167 Å². The number of amides is 2. The number of nitrogens with one attached hydrogen (secondary N) is 2. The van der Waals surface area contributed by atoms with Crippen molar-refractivity contribution in [3.8, 4) is 5.75 Å². The third-order valence-corrected chi connectivity index (χ3v) is 4.56. The molecule has 3 aromatic rings. The van der Waals surface area contributed by atoms with Gasteiger partial charge in [0.1, 0.15) is 17.2 Å². The molecule has 0 bridgehead atoms. The SMILES string of the molecule is CCOC(=O)OC(C)Oc1ccccc1/N=N/c1ccc(NC(=O)CNC(=O)c2ccccc2)nc1N. The van der Waals surface area contributed by atoms with Crippen LogP contribution >= 0.6 is 0 Å². The van der Waals surface area contributed by atoms with Crippen molar-refractivity contribution in [1.82, 2.24) is 10.3 Å². The number of ether oxygens (including phenoxy) is 3. The van der Waals surface area contributed by atoms with Gasteiger partial charge in [-0.3, -0.25) is 9.59 Å². The minimum absolute atomic E-state index is 0.0206. The van der Waals surface area contributed by atoms with Crippen LogP contribution < -0.4 is 21.1 Å². The zero-order valence-corrected chi connectivity index (χ0v) is 20.2. The Bertz CT molecular complexity index is 1270. The Morgan fingerprint density at radius 2 is 1.68 bits per heavy atom. The van der Waals surface area contributed by atoms with Gasteiger partial charge in [-0.05, 0) is 43.3 Å². The molecule has 192 valence electrons. The van der Waals surface area contributed by atoms with E-state index in [-0.39, 0.29) is 36.4 Å². The van der Waals surface area contributed by atoms with E-state index >= 15 is 0 Å². The molecule has 1 aromatic heterocycles. The van der Waals surface area contributed by atoms with Gasteiger partial charge in [-0.15, -0.1) is 10.2 Å². The Balaban J connectivity index is 1.58. The highest BCUT2D eigenvalue weighted by molar-refractivity contribution is 5.99. The fraction of sp³-hybridized carbons (Fsp3) is 0.200. The molecule has 1 atom stereocenters. The zero-order chi connectivity index (χ0) is 26.6. The molecule has 1 heterocycles. The van der Waals surface area contributed by atoms with E-state index in [0.717, 1.165) is 0 Å². The predicted molar refractivity (Wildman–Crippen MR) is 135 cm³/mol. The van der Waals surface area contributed by atoms with Crippen molar-refractivity contribution in [2.75, 3.05) is 24.2 Å². The average molecular weight is 507 g/mol. The number of para-hydroxylation sites is 1. The highest BCUT2D eigenvalue weighted by Gasteiger charge is 2.14. The molecule has 0 aliphatic rings. The molecule has 2 amide bonds. The molecular weight excluding hydrogens is 480 g/mol. The second-order valence-electron chi connectivity index (χ2n) is 7.35. The second-order valence-corrected chi connectivity index (χ2v) is 7.35. The van der Waals surface area contributed by atoms with Crippen LogP contribution in [0.4, 0.5) is 27.8 Å². The third kappa shape index (κ3) is 8.31. The maximum Gasteiger partial charge on any atom is 0.511 e. The van der Waals surface area contributed by atoms with Crippen molar-refractivity contribution in [3.05, 3.63) is 72.3 Å². The Kier molecular flexibility index (Phi) is 9.48. The first kappa shape index (κ1) is 26.6. The van der Waals surface area contributed by atoms with Gasteiger partial charge in [-0.2, -0.15) is 0 Å². The molecule has 0 spiro atoms. The minimum atomic E-state index is -0.928. The number of rotatable bonds is 10. The van der Waals surface area contributed by atoms with Gasteiger partial charge < -0.3 is 30.6 Å². The number of carbonyl (C=O) groups is 3. The molecule has 0 aliphatic heterocycles. The Labute approximate surface area is 212 Å². The summed E-state index contributed by atoms with van der Waals surface area (Å²) in [6.07, 6.45) is -1.78. The van der Waals surface area contributed by atoms with E-state index in [9.17, 15) is 14.4 Å². The first-order valence-corrected chi connectivity index (χ1v) is 11.3. The molecule has 12 heteroatoms. The van der Waals surface area contributed by atoms with E-state index < -0.39 is 18.4 Å². The summed E-state index contributed by atoms with van der Waals surface area (Å²) in [4.78, 5) is 39.8. The van der Waals surface area contributed by atoms with Gasteiger partial charge in [0.05, 0.1) is 13.2 Å². The lowest BCUT2D eigenvalue weighted by molar-refractivity contribution is -0.115. The number of benzene rings is 2. The highest BCUT2D eigenvalue weighted by atomic mass is 16.8. The van der Waals surface area contributed by atoms with E-state index in [2.05, 4.69) is 25.8 Å². The number of azo groups is 1. The van der Waals surface area contributed by atoms with Crippen molar-refractivity contribution in [3.63, 3.8) is 0 Å². The van der Waals surface area contributed by atoms with Gasteiger partial charge in [0, 0.05) is 12.5 Å². The van der Waals surface area contributed by atoms with Crippen molar-refractivity contribution in [1.29, 1.82) is 0 Å². The lowest BCUT2D eigenvalue weighted by atomic mass is 10.2. The number of hydrogen-bond donors (Lipinski definition) is 3. The number of pyridine rings is 1. The largest absolute Gasteiger partial charge is 0.511 e. The third-order valence-electron chi connectivity index (χ3n) is 4.56. The fourth-order valence-corrected chi connectivity index (χ4v) is 2.90. The monoisotopic (exact) mass is 506 g/mol. The first-order chi connectivity index (χ1) is 17.9. The van der Waals surface area contributed by atoms with Crippen LogP contribution in [0.15, 0.2) is 77.0 Å². The van der Waals surface area contributed by atoms with E-state index in [0.29, 0.717) is 17.0 Å². The molecule has 0 radical (unpaired) electrons. The van der Waals surface area contributed by atoms with E-state index in [1.807, 2.05) is 0 Å². The Morgan fingerprint density at radius 3 is 2.41 bits per heavy atom. The van der Waals surface area contributed by atoms with Crippen molar-refractivity contribution < 1.29 is 28.6 Å². The number of nitrogens with zero attached hydrogens (tertiary/aromatic N) is 3. The van der Waals surface area contributed by atoms with Gasteiger partial charge in [-0.25, -0.2) is 9.78 Å². The molecule has 0 saturated heterocycles. The maximum atomic E-state index is 12.2. The van der Waals surface area contributed by atoms with Crippen LogP contribution in [0.5, 0.6) is 5.75 Å². The van der Waals surface area contributed by atoms with Gasteiger partial charge in [0.25, 0.3) is 5.91 Å². The van der Waals surface area contributed by atoms with Gasteiger partial charge in [-0.1, -0.05) is 30.3 Å². The predicted octanol–water partition coefficient (Wildman–Crippen LogP) is 4.35. The first-order valence-electron chi connectivity index (χ1n) is 11.3. The van der Waals surface area contributed by atoms with Gasteiger partial charge in [0.15, 0.2) is 11.6 Å². The van der Waals surface area contributed by atoms with Gasteiger partial charge >= 0.3 is 6.16 Å². The summed E-state index contributed by atoms with van der Waals surface area (Å²) in [5.74, 6) is -0.326. The number of nitrogens with two attached hydrogens (primary N) is 1. The molecule has 4 N–H and O–H groups in total. The van der Waals surface area contributed by atoms with Crippen molar-refractivity contribution >= 4 is 41.0 Å². The minimum Gasteiger partial charge on any atom is -0.453 e. The Hall–Kier alpha value is -5.00. The second kappa shape index (κ2) is 13.2. The van der Waals surface area contributed by atoms with E-state index in [1.165, 1.54) is 19.1 Å². The zero-order valence-electron chi connectivity index (χ0n) is 20.2. The lowest BCUT2D eigenvalue weighted by Crippen LogP contribution is -2.33. The van der Waals surface area contributed by atoms with Crippen LogP contribution in [0.25, 0.3) is 0 Å². The van der Waals surface area contributed by atoms with Crippen LogP contribution in [0.1, 0.15) is 24.2 Å². The summed E-state index contributed by atoms with van der Waals surface area (Å²) >= 11 is 0. The smallest absolute Gasteiger partial charge is 0.453 e.